The largest absolute Gasteiger partial charge is 2.00 e. The van der Waals surface area contributed by atoms with Crippen LogP contribution in [0.25, 0.3) is 0 Å². The van der Waals surface area contributed by atoms with Crippen LogP contribution in [0.2, 0.25) is 0 Å². The smallest absolute Gasteiger partial charge is 1.00 e. The number of hydrogen-bond acceptors (Lipinski definition) is 3. The Morgan fingerprint density at radius 2 is 0.667 bits per heavy atom. The molecule has 3 nitrogen and oxygen atoms in total. The van der Waals surface area contributed by atoms with E-state index in [0.29, 0.717) is 23.7 Å². The maximum absolute atomic E-state index is 5.62. The molecular weight excluding hydrogens is 748 g/mol. The van der Waals surface area contributed by atoms with Crippen LogP contribution in [0.1, 0.15) is 216 Å². The summed E-state index contributed by atoms with van der Waals surface area (Å²) in [5.41, 5.74) is 16.7. The van der Waals surface area contributed by atoms with Crippen LogP contribution >= 0.6 is 0 Å². The maximum atomic E-state index is 5.62. The van der Waals surface area contributed by atoms with E-state index >= 15 is 0 Å². The molecule has 1 radical (unpaired) electrons. The fraction of sp³-hybridized carbons (Fsp3) is 0.604. The van der Waals surface area contributed by atoms with Crippen molar-refractivity contribution < 1.29 is 41.6 Å². The van der Waals surface area contributed by atoms with E-state index in [1.165, 1.54) is 179 Å². The standard InChI is InChI=1S/C48H65N3.2ClH.Co/c1-32-26-41(37-18-10-6-11-19-37)47(42(27-32)38-20-12-7-13-21-38)49-35(4)45-30-34(3)31-46(51-45)36(5)50-48-43(39-22-14-8-15-23-39)28-33(2)29-44(48)40-24-16-9-17-25-40;;;/h26-31,37-40H,6-25H2,1-5H3;2*1H;/q;;;+2/p-2. The van der Waals surface area contributed by atoms with Crippen molar-refractivity contribution in [1.29, 1.82) is 0 Å². The Labute approximate surface area is 350 Å². The Bertz CT molecular complexity index is 1540. The minimum Gasteiger partial charge on any atom is -1.00 e. The summed E-state index contributed by atoms with van der Waals surface area (Å²) in [7, 11) is 0. The van der Waals surface area contributed by atoms with E-state index in [1.54, 1.807) is 0 Å². The summed E-state index contributed by atoms with van der Waals surface area (Å²) in [5, 5.41) is 0. The van der Waals surface area contributed by atoms with Gasteiger partial charge >= 0.3 is 16.8 Å². The van der Waals surface area contributed by atoms with Gasteiger partial charge in [-0.15, -0.1) is 0 Å². The molecule has 0 atom stereocenters. The van der Waals surface area contributed by atoms with Crippen molar-refractivity contribution in [3.05, 3.63) is 86.7 Å². The Balaban J connectivity index is 0.00000217. The molecule has 6 heteroatoms. The first-order valence-corrected chi connectivity index (χ1v) is 21.2. The van der Waals surface area contributed by atoms with Gasteiger partial charge in [0.25, 0.3) is 0 Å². The monoisotopic (exact) mass is 812 g/mol. The topological polar surface area (TPSA) is 37.6 Å². The van der Waals surface area contributed by atoms with Gasteiger partial charge in [0.2, 0.25) is 0 Å². The number of nitrogens with zero attached hydrogens (tertiary/aromatic N) is 3. The predicted octanol–water partition coefficient (Wildman–Crippen LogP) is 8.48. The summed E-state index contributed by atoms with van der Waals surface area (Å²) in [6.07, 6.45) is 26.6. The van der Waals surface area contributed by atoms with Crippen molar-refractivity contribution in [2.24, 2.45) is 9.98 Å². The van der Waals surface area contributed by atoms with Crippen LogP contribution in [0, 0.1) is 20.8 Å². The third-order valence-electron chi connectivity index (χ3n) is 13.1. The number of aryl methyl sites for hydroxylation is 3. The maximum Gasteiger partial charge on any atom is 2.00 e. The first-order valence-electron chi connectivity index (χ1n) is 21.2. The van der Waals surface area contributed by atoms with Gasteiger partial charge in [0.05, 0.1) is 34.2 Å². The molecule has 1 aromatic heterocycles. The summed E-state index contributed by atoms with van der Waals surface area (Å²) < 4.78 is 0. The molecule has 54 heavy (non-hydrogen) atoms. The van der Waals surface area contributed by atoms with Crippen LogP contribution in [0.15, 0.2) is 46.4 Å². The molecule has 0 aliphatic heterocycles. The van der Waals surface area contributed by atoms with E-state index in [-0.39, 0.29) is 41.6 Å². The van der Waals surface area contributed by atoms with E-state index < -0.39 is 0 Å². The molecule has 3 aromatic rings. The summed E-state index contributed by atoms with van der Waals surface area (Å²) in [6.45, 7) is 11.2. The molecule has 4 fully saturated rings. The zero-order valence-corrected chi connectivity index (χ0v) is 36.4. The summed E-state index contributed by atoms with van der Waals surface area (Å²) in [4.78, 5) is 16.6. The quantitative estimate of drug-likeness (QED) is 0.211. The second kappa shape index (κ2) is 21.0. The third kappa shape index (κ3) is 10.7. The van der Waals surface area contributed by atoms with Gasteiger partial charge < -0.3 is 24.8 Å². The SMILES string of the molecule is CC(=Nc1c(C2CCCCC2)cc(C)cc1C1CCCCC1)c1cc(C)cc(C(C)=Nc2c(C3CCCCC3)cc(C)cc2C2CCCCC2)n1.[Cl-].[Cl-].[Co+2]. The average molecular weight is 814 g/mol. The molecule has 0 spiro atoms. The van der Waals surface area contributed by atoms with Gasteiger partial charge in [0.1, 0.15) is 0 Å². The molecule has 0 amide bonds. The number of aromatic nitrogens is 1. The number of aliphatic imine (C=N–C) groups is 2. The van der Waals surface area contributed by atoms with Crippen LogP contribution in [0.4, 0.5) is 11.4 Å². The molecule has 0 saturated heterocycles. The molecule has 2 aromatic carbocycles. The van der Waals surface area contributed by atoms with Crippen LogP contribution in [-0.4, -0.2) is 16.4 Å². The van der Waals surface area contributed by atoms with E-state index in [0.717, 1.165) is 22.8 Å². The summed E-state index contributed by atoms with van der Waals surface area (Å²) >= 11 is 0. The number of rotatable bonds is 8. The second-order valence-electron chi connectivity index (χ2n) is 17.2. The van der Waals surface area contributed by atoms with Crippen molar-refractivity contribution in [3.8, 4) is 0 Å². The first-order chi connectivity index (χ1) is 24.8. The molecular formula is C48H65Cl2CoN3. The Hall–Kier alpha value is -1.98. The van der Waals surface area contributed by atoms with Crippen molar-refractivity contribution in [2.75, 3.05) is 0 Å². The van der Waals surface area contributed by atoms with Gasteiger partial charge in [0, 0.05) is 0 Å². The normalized spacial score (nSPS) is 19.8. The minimum atomic E-state index is 0. The van der Waals surface area contributed by atoms with Crippen LogP contribution in [0.3, 0.4) is 0 Å². The third-order valence-corrected chi connectivity index (χ3v) is 13.1. The van der Waals surface area contributed by atoms with Crippen LogP contribution < -0.4 is 24.8 Å². The van der Waals surface area contributed by atoms with Gasteiger partial charge in [-0.05, 0) is 150 Å². The van der Waals surface area contributed by atoms with Gasteiger partial charge in [-0.3, -0.25) is 9.98 Å². The number of halogens is 2. The first kappa shape index (κ1) is 44.7. The molecule has 4 saturated carbocycles. The van der Waals surface area contributed by atoms with Gasteiger partial charge in [0.15, 0.2) is 0 Å². The predicted molar refractivity (Wildman–Crippen MR) is 218 cm³/mol. The minimum absolute atomic E-state index is 0. The van der Waals surface area contributed by atoms with Gasteiger partial charge in [-0.1, -0.05) is 112 Å². The fourth-order valence-electron chi connectivity index (χ4n) is 10.3. The van der Waals surface area contributed by atoms with Crippen LogP contribution in [0.5, 0.6) is 0 Å². The fourth-order valence-corrected chi connectivity index (χ4v) is 10.3. The van der Waals surface area contributed by atoms with Crippen molar-refractivity contribution in [2.45, 2.75) is 187 Å². The summed E-state index contributed by atoms with van der Waals surface area (Å²) in [6, 6.07) is 14.4. The van der Waals surface area contributed by atoms with Crippen molar-refractivity contribution in [1.82, 2.24) is 4.98 Å². The summed E-state index contributed by atoms with van der Waals surface area (Å²) in [5.74, 6) is 2.48. The van der Waals surface area contributed by atoms with E-state index in [4.69, 9.17) is 15.0 Å². The zero-order valence-electron chi connectivity index (χ0n) is 33.8. The molecule has 0 unspecified atom stereocenters. The molecule has 1 heterocycles. The van der Waals surface area contributed by atoms with Crippen molar-refractivity contribution in [3.63, 3.8) is 0 Å². The van der Waals surface area contributed by atoms with Crippen LogP contribution in [-0.2, 0) is 16.8 Å². The average Bonchev–Trinajstić information content (AvgIpc) is 3.17. The molecule has 295 valence electrons. The Morgan fingerprint density at radius 3 is 0.926 bits per heavy atom. The molecule has 0 bridgehead atoms. The van der Waals surface area contributed by atoms with Gasteiger partial charge in [-0.25, -0.2) is 4.98 Å². The molecule has 4 aliphatic carbocycles. The van der Waals surface area contributed by atoms with E-state index in [2.05, 4.69) is 71.0 Å². The molecule has 0 N–H and O–H groups in total. The van der Waals surface area contributed by atoms with E-state index in [1.807, 2.05) is 0 Å². The second-order valence-corrected chi connectivity index (χ2v) is 17.2. The zero-order chi connectivity index (χ0) is 35.3. The number of benzene rings is 2. The number of hydrogen-bond donors (Lipinski definition) is 0. The molecule has 4 aliphatic rings. The molecule has 7 rings (SSSR count). The number of pyridine rings is 1. The van der Waals surface area contributed by atoms with Gasteiger partial charge in [-0.2, -0.15) is 0 Å². The van der Waals surface area contributed by atoms with Crippen molar-refractivity contribution >= 4 is 22.8 Å². The Kier molecular flexibility index (Phi) is 17.4. The van der Waals surface area contributed by atoms with E-state index in [9.17, 15) is 0 Å². The Morgan fingerprint density at radius 1 is 0.426 bits per heavy atom.